The molecular formula is C10H11FO4. The van der Waals surface area contributed by atoms with Gasteiger partial charge in [-0.2, -0.15) is 0 Å². The normalized spacial score (nSPS) is 11.9. The van der Waals surface area contributed by atoms with E-state index in [1.54, 1.807) is 6.07 Å². The molecule has 0 aliphatic rings. The largest absolute Gasteiger partial charge is 0.496 e. The number of benzene rings is 1. The Hall–Kier alpha value is -1.78. The topological polar surface area (TPSA) is 55.8 Å². The minimum atomic E-state index is -2.16. The monoisotopic (exact) mass is 214 g/mol. The Morgan fingerprint density at radius 1 is 1.33 bits per heavy atom. The summed E-state index contributed by atoms with van der Waals surface area (Å²) in [5.74, 6) is -1.26. The van der Waals surface area contributed by atoms with E-state index in [0.717, 1.165) is 0 Å². The van der Waals surface area contributed by atoms with Gasteiger partial charge in [0.05, 0.1) is 19.8 Å². The Morgan fingerprint density at radius 2 is 1.80 bits per heavy atom. The Balaban J connectivity index is 3.27. The first kappa shape index (κ1) is 11.3. The third-order valence-corrected chi connectivity index (χ3v) is 1.94. The van der Waals surface area contributed by atoms with Gasteiger partial charge in [-0.25, -0.2) is 9.18 Å². The lowest BCUT2D eigenvalue weighted by molar-refractivity contribution is -0.143. The fourth-order valence-electron chi connectivity index (χ4n) is 1.25. The molecule has 0 spiro atoms. The van der Waals surface area contributed by atoms with Crippen LogP contribution in [0.1, 0.15) is 11.7 Å². The second-order valence-electron chi connectivity index (χ2n) is 2.78. The van der Waals surface area contributed by atoms with Gasteiger partial charge in [0, 0.05) is 0 Å². The highest BCUT2D eigenvalue weighted by molar-refractivity contribution is 5.76. The van der Waals surface area contributed by atoms with Crippen molar-refractivity contribution in [2.24, 2.45) is 0 Å². The van der Waals surface area contributed by atoms with Crippen molar-refractivity contribution in [3.8, 4) is 11.5 Å². The molecule has 0 radical (unpaired) electrons. The Kier molecular flexibility index (Phi) is 3.49. The van der Waals surface area contributed by atoms with Gasteiger partial charge in [0.15, 0.2) is 0 Å². The molecule has 0 bridgehead atoms. The predicted octanol–water partition coefficient (Wildman–Crippen LogP) is 1.80. The molecule has 0 aliphatic carbocycles. The van der Waals surface area contributed by atoms with Crippen LogP contribution in [0, 0.1) is 0 Å². The highest BCUT2D eigenvalue weighted by Crippen LogP contribution is 2.35. The zero-order valence-corrected chi connectivity index (χ0v) is 8.36. The SMILES string of the molecule is COc1cccc(OC)c1C(F)C(=O)O. The molecule has 0 saturated heterocycles. The summed E-state index contributed by atoms with van der Waals surface area (Å²) in [6.45, 7) is 0. The van der Waals surface area contributed by atoms with Crippen molar-refractivity contribution < 1.29 is 23.8 Å². The Morgan fingerprint density at radius 3 is 2.13 bits per heavy atom. The highest BCUT2D eigenvalue weighted by atomic mass is 19.1. The van der Waals surface area contributed by atoms with E-state index in [4.69, 9.17) is 14.6 Å². The van der Waals surface area contributed by atoms with Gasteiger partial charge in [0.2, 0.25) is 6.17 Å². The molecule has 1 N–H and O–H groups in total. The van der Waals surface area contributed by atoms with Crippen LogP contribution < -0.4 is 9.47 Å². The first-order valence-corrected chi connectivity index (χ1v) is 4.19. The second-order valence-corrected chi connectivity index (χ2v) is 2.78. The molecule has 0 aromatic heterocycles. The lowest BCUT2D eigenvalue weighted by atomic mass is 10.1. The lowest BCUT2D eigenvalue weighted by Crippen LogP contribution is -2.09. The average molecular weight is 214 g/mol. The highest BCUT2D eigenvalue weighted by Gasteiger charge is 2.26. The van der Waals surface area contributed by atoms with Crippen LogP contribution in [0.2, 0.25) is 0 Å². The van der Waals surface area contributed by atoms with Crippen molar-refractivity contribution in [2.75, 3.05) is 14.2 Å². The van der Waals surface area contributed by atoms with Gasteiger partial charge >= 0.3 is 5.97 Å². The van der Waals surface area contributed by atoms with Crippen molar-refractivity contribution in [1.82, 2.24) is 0 Å². The molecule has 1 aromatic carbocycles. The van der Waals surface area contributed by atoms with Gasteiger partial charge in [-0.3, -0.25) is 0 Å². The van der Waals surface area contributed by atoms with Gasteiger partial charge in [-0.15, -0.1) is 0 Å². The maximum Gasteiger partial charge on any atom is 0.343 e. The second kappa shape index (κ2) is 4.63. The average Bonchev–Trinajstić information content (AvgIpc) is 2.26. The van der Waals surface area contributed by atoms with Gasteiger partial charge in [0.25, 0.3) is 0 Å². The maximum absolute atomic E-state index is 13.4. The van der Waals surface area contributed by atoms with E-state index >= 15 is 0 Å². The minimum Gasteiger partial charge on any atom is -0.496 e. The molecule has 1 rings (SSSR count). The maximum atomic E-state index is 13.4. The number of halogens is 1. The van der Waals surface area contributed by atoms with Crippen molar-refractivity contribution in [3.63, 3.8) is 0 Å². The third-order valence-electron chi connectivity index (χ3n) is 1.94. The molecule has 0 heterocycles. The number of hydrogen-bond donors (Lipinski definition) is 1. The molecule has 1 unspecified atom stereocenters. The summed E-state index contributed by atoms with van der Waals surface area (Å²) in [6, 6.07) is 4.55. The van der Waals surface area contributed by atoms with Crippen LogP contribution in [0.5, 0.6) is 11.5 Å². The summed E-state index contributed by atoms with van der Waals surface area (Å²) in [4.78, 5) is 10.5. The lowest BCUT2D eigenvalue weighted by Gasteiger charge is -2.13. The van der Waals surface area contributed by atoms with Gasteiger partial charge in [0.1, 0.15) is 11.5 Å². The Bertz CT molecular complexity index is 342. The number of carbonyl (C=O) groups is 1. The van der Waals surface area contributed by atoms with Crippen molar-refractivity contribution in [1.29, 1.82) is 0 Å². The van der Waals surface area contributed by atoms with Crippen molar-refractivity contribution in [2.45, 2.75) is 6.17 Å². The fourth-order valence-corrected chi connectivity index (χ4v) is 1.25. The van der Waals surface area contributed by atoms with Crippen LogP contribution in [-0.4, -0.2) is 25.3 Å². The first-order chi connectivity index (χ1) is 7.11. The van der Waals surface area contributed by atoms with Crippen LogP contribution in [0.25, 0.3) is 0 Å². The number of rotatable bonds is 4. The van der Waals surface area contributed by atoms with Crippen LogP contribution in [0.3, 0.4) is 0 Å². The van der Waals surface area contributed by atoms with Gasteiger partial charge in [-0.1, -0.05) is 6.07 Å². The molecule has 1 atom stereocenters. The van der Waals surface area contributed by atoms with E-state index in [1.165, 1.54) is 26.4 Å². The van der Waals surface area contributed by atoms with Crippen LogP contribution in [0.4, 0.5) is 4.39 Å². The number of methoxy groups -OCH3 is 2. The van der Waals surface area contributed by atoms with E-state index in [0.29, 0.717) is 0 Å². The van der Waals surface area contributed by atoms with E-state index in [-0.39, 0.29) is 17.1 Å². The predicted molar refractivity (Wildman–Crippen MR) is 51.0 cm³/mol. The van der Waals surface area contributed by atoms with E-state index < -0.39 is 12.1 Å². The van der Waals surface area contributed by atoms with E-state index in [2.05, 4.69) is 0 Å². The Labute approximate surface area is 86.2 Å². The van der Waals surface area contributed by atoms with Crippen molar-refractivity contribution in [3.05, 3.63) is 23.8 Å². The third kappa shape index (κ3) is 2.18. The smallest absolute Gasteiger partial charge is 0.343 e. The quantitative estimate of drug-likeness (QED) is 0.830. The number of alkyl halides is 1. The minimum absolute atomic E-state index is 0.102. The molecule has 15 heavy (non-hydrogen) atoms. The zero-order valence-electron chi connectivity index (χ0n) is 8.36. The summed E-state index contributed by atoms with van der Waals surface area (Å²) in [5, 5.41) is 8.59. The molecule has 0 amide bonds. The van der Waals surface area contributed by atoms with E-state index in [1.807, 2.05) is 0 Å². The summed E-state index contributed by atoms with van der Waals surface area (Å²) in [6.07, 6.45) is -2.16. The summed E-state index contributed by atoms with van der Waals surface area (Å²) in [7, 11) is 2.68. The molecule has 0 fully saturated rings. The van der Waals surface area contributed by atoms with Gasteiger partial charge in [-0.05, 0) is 12.1 Å². The van der Waals surface area contributed by atoms with E-state index in [9.17, 15) is 9.18 Å². The zero-order chi connectivity index (χ0) is 11.4. The van der Waals surface area contributed by atoms with Crippen LogP contribution in [0.15, 0.2) is 18.2 Å². The molecule has 5 heteroatoms. The fraction of sp³-hybridized carbons (Fsp3) is 0.300. The number of hydrogen-bond acceptors (Lipinski definition) is 3. The number of ether oxygens (including phenoxy) is 2. The number of aliphatic carboxylic acids is 1. The van der Waals surface area contributed by atoms with Gasteiger partial charge < -0.3 is 14.6 Å². The molecule has 82 valence electrons. The summed E-state index contributed by atoms with van der Waals surface area (Å²) >= 11 is 0. The standard InChI is InChI=1S/C10H11FO4/c1-14-6-4-3-5-7(15-2)8(6)9(11)10(12)13/h3-5,9H,1-2H3,(H,12,13). The molecular weight excluding hydrogens is 203 g/mol. The first-order valence-electron chi connectivity index (χ1n) is 4.19. The van der Waals surface area contributed by atoms with Crippen LogP contribution in [-0.2, 0) is 4.79 Å². The molecule has 0 aliphatic heterocycles. The molecule has 4 nitrogen and oxygen atoms in total. The number of carboxylic acids is 1. The molecule has 0 saturated carbocycles. The number of carboxylic acid groups (broad SMARTS) is 1. The van der Waals surface area contributed by atoms with Crippen molar-refractivity contribution >= 4 is 5.97 Å². The summed E-state index contributed by atoms with van der Waals surface area (Å²) < 4.78 is 23.1. The summed E-state index contributed by atoms with van der Waals surface area (Å²) in [5.41, 5.74) is -0.102. The molecule has 1 aromatic rings. The van der Waals surface area contributed by atoms with Crippen LogP contribution >= 0.6 is 0 Å².